The predicted molar refractivity (Wildman–Crippen MR) is 74.5 cm³/mol. The van der Waals surface area contributed by atoms with Gasteiger partial charge in [-0.25, -0.2) is 4.98 Å². The highest BCUT2D eigenvalue weighted by Gasteiger charge is 2.10. The second-order valence-electron chi connectivity index (χ2n) is 4.36. The van der Waals surface area contributed by atoms with E-state index in [4.69, 9.17) is 4.74 Å². The van der Waals surface area contributed by atoms with Gasteiger partial charge in [0.25, 0.3) is 5.69 Å². The Labute approximate surface area is 113 Å². The van der Waals surface area contributed by atoms with Gasteiger partial charge in [0.1, 0.15) is 12.0 Å². The summed E-state index contributed by atoms with van der Waals surface area (Å²) in [7, 11) is 0. The number of anilines is 1. The molecule has 0 amide bonds. The molecule has 0 aliphatic heterocycles. The van der Waals surface area contributed by atoms with E-state index in [1.54, 1.807) is 13.0 Å². The fraction of sp³-hybridized carbons (Fsp3) is 0.615. The van der Waals surface area contributed by atoms with Crippen molar-refractivity contribution in [3.05, 3.63) is 27.9 Å². The Balaban J connectivity index is 2.26. The molecule has 0 radical (unpaired) electrons. The first-order chi connectivity index (χ1) is 9.15. The van der Waals surface area contributed by atoms with Crippen LogP contribution in [0.1, 0.15) is 31.7 Å². The van der Waals surface area contributed by atoms with Crippen LogP contribution in [0.4, 0.5) is 11.5 Å². The number of unbranched alkanes of at least 4 members (excludes halogenated alkanes) is 1. The van der Waals surface area contributed by atoms with Gasteiger partial charge in [-0.15, -0.1) is 0 Å². The molecule has 0 aliphatic carbocycles. The van der Waals surface area contributed by atoms with Crippen LogP contribution < -0.4 is 5.32 Å². The maximum atomic E-state index is 10.6. The topological polar surface area (TPSA) is 77.3 Å². The fourth-order valence-corrected chi connectivity index (χ4v) is 1.58. The third kappa shape index (κ3) is 5.65. The van der Waals surface area contributed by atoms with Gasteiger partial charge in [-0.3, -0.25) is 10.1 Å². The molecule has 0 spiro atoms. The lowest BCUT2D eigenvalue weighted by atomic mass is 10.2. The van der Waals surface area contributed by atoms with Gasteiger partial charge >= 0.3 is 0 Å². The molecule has 0 saturated carbocycles. The van der Waals surface area contributed by atoms with Gasteiger partial charge in [0, 0.05) is 25.3 Å². The normalized spacial score (nSPS) is 10.4. The monoisotopic (exact) mass is 267 g/mol. The molecule has 19 heavy (non-hydrogen) atoms. The molecule has 6 heteroatoms. The van der Waals surface area contributed by atoms with Crippen LogP contribution in [0.2, 0.25) is 0 Å². The van der Waals surface area contributed by atoms with E-state index in [1.807, 2.05) is 0 Å². The average Bonchev–Trinajstić information content (AvgIpc) is 2.37. The maximum Gasteiger partial charge on any atom is 0.290 e. The molecular weight excluding hydrogens is 246 g/mol. The zero-order valence-electron chi connectivity index (χ0n) is 11.5. The summed E-state index contributed by atoms with van der Waals surface area (Å²) in [5, 5.41) is 13.8. The van der Waals surface area contributed by atoms with Gasteiger partial charge in [0.2, 0.25) is 0 Å². The Morgan fingerprint density at radius 3 is 2.79 bits per heavy atom. The Bertz CT molecular complexity index is 410. The Morgan fingerprint density at radius 2 is 2.16 bits per heavy atom. The minimum absolute atomic E-state index is 0.0495. The molecule has 0 aromatic carbocycles. The van der Waals surface area contributed by atoms with Crippen molar-refractivity contribution in [1.82, 2.24) is 4.98 Å². The van der Waals surface area contributed by atoms with Gasteiger partial charge in [-0.1, -0.05) is 13.3 Å². The first-order valence-corrected chi connectivity index (χ1v) is 6.57. The molecule has 0 aliphatic rings. The summed E-state index contributed by atoms with van der Waals surface area (Å²) in [5.41, 5.74) is 0.662. The summed E-state index contributed by atoms with van der Waals surface area (Å²) in [6.45, 7) is 6.12. The van der Waals surface area contributed by atoms with Crippen molar-refractivity contribution in [2.45, 2.75) is 33.1 Å². The second kappa shape index (κ2) is 8.42. The highest BCUT2D eigenvalue weighted by atomic mass is 16.6. The first kappa shape index (κ1) is 15.4. The van der Waals surface area contributed by atoms with Crippen LogP contribution in [-0.2, 0) is 4.74 Å². The van der Waals surface area contributed by atoms with Crippen molar-refractivity contribution in [3.63, 3.8) is 0 Å². The summed E-state index contributed by atoms with van der Waals surface area (Å²) in [4.78, 5) is 14.2. The molecule has 0 fully saturated rings. The Morgan fingerprint density at radius 1 is 1.42 bits per heavy atom. The number of ether oxygens (including phenoxy) is 1. The minimum Gasteiger partial charge on any atom is -0.381 e. The van der Waals surface area contributed by atoms with Crippen molar-refractivity contribution in [2.75, 3.05) is 25.1 Å². The SMILES string of the molecule is CCCCOCCCNc1cc(C)c([N+](=O)[O-])cn1. The Kier molecular flexibility index (Phi) is 6.81. The standard InChI is InChI=1S/C13H21N3O3/c1-3-4-7-19-8-5-6-14-13-9-11(2)12(10-15-13)16(17)18/h9-10H,3-8H2,1-2H3,(H,14,15). The van der Waals surface area contributed by atoms with Gasteiger partial charge in [-0.05, 0) is 25.8 Å². The van der Waals surface area contributed by atoms with Crippen LogP contribution in [0, 0.1) is 17.0 Å². The molecular formula is C13H21N3O3. The molecule has 1 aromatic heterocycles. The average molecular weight is 267 g/mol. The Hall–Kier alpha value is -1.69. The number of pyridine rings is 1. The molecule has 0 bridgehead atoms. The number of rotatable bonds is 9. The summed E-state index contributed by atoms with van der Waals surface area (Å²) >= 11 is 0. The van der Waals surface area contributed by atoms with Crippen LogP contribution in [0.25, 0.3) is 0 Å². The van der Waals surface area contributed by atoms with Gasteiger partial charge in [0.05, 0.1) is 4.92 Å². The summed E-state index contributed by atoms with van der Waals surface area (Å²) in [6.07, 6.45) is 4.41. The second-order valence-corrected chi connectivity index (χ2v) is 4.36. The number of aryl methyl sites for hydroxylation is 1. The van der Waals surface area contributed by atoms with E-state index in [0.29, 0.717) is 11.4 Å². The van der Waals surface area contributed by atoms with Crippen LogP contribution in [-0.4, -0.2) is 29.7 Å². The van der Waals surface area contributed by atoms with Crippen molar-refractivity contribution in [1.29, 1.82) is 0 Å². The third-order valence-electron chi connectivity index (χ3n) is 2.69. The zero-order chi connectivity index (χ0) is 14.1. The molecule has 0 atom stereocenters. The number of hydrogen-bond acceptors (Lipinski definition) is 5. The van der Waals surface area contributed by atoms with Crippen molar-refractivity contribution in [2.24, 2.45) is 0 Å². The van der Waals surface area contributed by atoms with E-state index in [2.05, 4.69) is 17.2 Å². The van der Waals surface area contributed by atoms with Crippen molar-refractivity contribution < 1.29 is 9.66 Å². The highest BCUT2D eigenvalue weighted by molar-refractivity contribution is 5.46. The minimum atomic E-state index is -0.423. The lowest BCUT2D eigenvalue weighted by Crippen LogP contribution is -2.08. The van der Waals surface area contributed by atoms with Crippen molar-refractivity contribution in [3.8, 4) is 0 Å². The van der Waals surface area contributed by atoms with E-state index in [0.717, 1.165) is 39.0 Å². The number of nitro groups is 1. The summed E-state index contributed by atoms with van der Waals surface area (Å²) < 4.78 is 5.44. The molecule has 1 aromatic rings. The molecule has 0 unspecified atom stereocenters. The number of aromatic nitrogens is 1. The van der Waals surface area contributed by atoms with Crippen LogP contribution in [0.5, 0.6) is 0 Å². The van der Waals surface area contributed by atoms with Gasteiger partial charge < -0.3 is 10.1 Å². The van der Waals surface area contributed by atoms with E-state index < -0.39 is 4.92 Å². The van der Waals surface area contributed by atoms with E-state index in [1.165, 1.54) is 6.20 Å². The van der Waals surface area contributed by atoms with Crippen molar-refractivity contribution >= 4 is 11.5 Å². The molecule has 106 valence electrons. The van der Waals surface area contributed by atoms with E-state index in [-0.39, 0.29) is 5.69 Å². The lowest BCUT2D eigenvalue weighted by Gasteiger charge is -2.07. The molecule has 1 heterocycles. The molecule has 1 rings (SSSR count). The molecule has 1 N–H and O–H groups in total. The lowest BCUT2D eigenvalue weighted by molar-refractivity contribution is -0.385. The molecule has 0 saturated heterocycles. The first-order valence-electron chi connectivity index (χ1n) is 6.57. The number of hydrogen-bond donors (Lipinski definition) is 1. The quantitative estimate of drug-likeness (QED) is 0.423. The predicted octanol–water partition coefficient (Wildman–Crippen LogP) is 2.92. The highest BCUT2D eigenvalue weighted by Crippen LogP contribution is 2.18. The van der Waals surface area contributed by atoms with Gasteiger partial charge in [-0.2, -0.15) is 0 Å². The summed E-state index contributed by atoms with van der Waals surface area (Å²) in [5.74, 6) is 0.664. The third-order valence-corrected chi connectivity index (χ3v) is 2.69. The smallest absolute Gasteiger partial charge is 0.290 e. The van der Waals surface area contributed by atoms with E-state index >= 15 is 0 Å². The fourth-order valence-electron chi connectivity index (χ4n) is 1.58. The van der Waals surface area contributed by atoms with Gasteiger partial charge in [0.15, 0.2) is 0 Å². The van der Waals surface area contributed by atoms with Crippen LogP contribution >= 0.6 is 0 Å². The largest absolute Gasteiger partial charge is 0.381 e. The number of nitrogens with zero attached hydrogens (tertiary/aromatic N) is 2. The summed E-state index contributed by atoms with van der Waals surface area (Å²) in [6, 6.07) is 1.69. The van der Waals surface area contributed by atoms with Crippen LogP contribution in [0.15, 0.2) is 12.3 Å². The maximum absolute atomic E-state index is 10.6. The molecule has 6 nitrogen and oxygen atoms in total. The number of nitrogens with one attached hydrogen (secondary N) is 1. The van der Waals surface area contributed by atoms with E-state index in [9.17, 15) is 10.1 Å². The zero-order valence-corrected chi connectivity index (χ0v) is 11.5. The van der Waals surface area contributed by atoms with Crippen LogP contribution in [0.3, 0.4) is 0 Å².